The molecule has 0 aliphatic heterocycles. The minimum atomic E-state index is -0.915. The Balaban J connectivity index is 2.89. The van der Waals surface area contributed by atoms with Crippen LogP contribution in [-0.4, -0.2) is 28.2 Å². The van der Waals surface area contributed by atoms with Gasteiger partial charge in [-0.2, -0.15) is 0 Å². The van der Waals surface area contributed by atoms with Gasteiger partial charge in [0.25, 0.3) is 0 Å². The second-order valence-corrected chi connectivity index (χ2v) is 3.51. The molecule has 1 aromatic carbocycles. The third kappa shape index (κ3) is 3.37. The van der Waals surface area contributed by atoms with Crippen molar-refractivity contribution < 1.29 is 15.1 Å². The molecule has 0 unspecified atom stereocenters. The highest BCUT2D eigenvalue weighted by Gasteiger charge is 2.14. The number of aliphatic carboxylic acids is 1. The number of nitrogens with one attached hydrogen (secondary N) is 1. The summed E-state index contributed by atoms with van der Waals surface area (Å²) in [6, 6.07) is 6.06. The first-order valence-corrected chi connectivity index (χ1v) is 5.15. The van der Waals surface area contributed by atoms with Crippen LogP contribution in [-0.2, 0) is 4.79 Å². The number of rotatable bonds is 5. The Hall–Kier alpha value is -2.24. The minimum Gasteiger partial charge on any atom is -0.480 e. The fourth-order valence-electron chi connectivity index (χ4n) is 1.37. The molecule has 0 aliphatic carbocycles. The summed E-state index contributed by atoms with van der Waals surface area (Å²) in [6.45, 7) is 1.78. The summed E-state index contributed by atoms with van der Waals surface area (Å²) in [5, 5.41) is 23.2. The summed E-state index contributed by atoms with van der Waals surface area (Å²) < 4.78 is 0. The number of amidine groups is 1. The highest BCUT2D eigenvalue weighted by molar-refractivity contribution is 5.97. The van der Waals surface area contributed by atoms with E-state index in [1.165, 1.54) is 0 Å². The molecular weight excluding hydrogens is 222 g/mol. The third-order valence-electron chi connectivity index (χ3n) is 2.31. The molecule has 6 heteroatoms. The molecular formula is C11H15N3O3. The Morgan fingerprint density at radius 2 is 2.29 bits per heavy atom. The van der Waals surface area contributed by atoms with Crippen LogP contribution in [0.3, 0.4) is 0 Å². The normalized spacial score (nSPS) is 13.1. The maximum absolute atomic E-state index is 10.9. The second kappa shape index (κ2) is 5.74. The van der Waals surface area contributed by atoms with Crippen LogP contribution < -0.4 is 11.1 Å². The number of anilines is 1. The van der Waals surface area contributed by atoms with E-state index in [9.17, 15) is 4.79 Å². The molecule has 17 heavy (non-hydrogen) atoms. The van der Waals surface area contributed by atoms with Gasteiger partial charge in [-0.1, -0.05) is 24.2 Å². The molecule has 0 bridgehead atoms. The molecule has 5 N–H and O–H groups in total. The lowest BCUT2D eigenvalue weighted by Crippen LogP contribution is -2.28. The fourth-order valence-corrected chi connectivity index (χ4v) is 1.37. The Bertz CT molecular complexity index is 432. The molecule has 1 rings (SSSR count). The van der Waals surface area contributed by atoms with Crippen LogP contribution in [0.15, 0.2) is 29.4 Å². The van der Waals surface area contributed by atoms with Gasteiger partial charge in [0.05, 0.1) is 0 Å². The first-order chi connectivity index (χ1) is 8.08. The molecule has 0 fully saturated rings. The number of nitrogens with zero attached hydrogens (tertiary/aromatic N) is 1. The third-order valence-corrected chi connectivity index (χ3v) is 2.31. The smallest absolute Gasteiger partial charge is 0.326 e. The Kier molecular flexibility index (Phi) is 4.33. The Morgan fingerprint density at radius 1 is 1.59 bits per heavy atom. The number of nitrogens with two attached hydrogens (primary N) is 1. The first-order valence-electron chi connectivity index (χ1n) is 5.15. The SMILES string of the molecule is CC[C@@H](Nc1cccc(C(N)=NO)c1)C(=O)O. The van der Waals surface area contributed by atoms with Gasteiger partial charge >= 0.3 is 5.97 Å². The summed E-state index contributed by atoms with van der Waals surface area (Å²) >= 11 is 0. The van der Waals surface area contributed by atoms with E-state index in [1.54, 1.807) is 31.2 Å². The van der Waals surface area contributed by atoms with Gasteiger partial charge in [0, 0.05) is 11.3 Å². The maximum atomic E-state index is 10.9. The summed E-state index contributed by atoms with van der Waals surface area (Å²) in [5.41, 5.74) is 6.58. The van der Waals surface area contributed by atoms with E-state index in [4.69, 9.17) is 16.0 Å². The van der Waals surface area contributed by atoms with Crippen LogP contribution in [0.4, 0.5) is 5.69 Å². The number of hydrogen-bond acceptors (Lipinski definition) is 4. The average Bonchev–Trinajstić information content (AvgIpc) is 2.34. The van der Waals surface area contributed by atoms with Crippen molar-refractivity contribution in [1.29, 1.82) is 0 Å². The summed E-state index contributed by atoms with van der Waals surface area (Å²) in [6.07, 6.45) is 0.461. The van der Waals surface area contributed by atoms with Gasteiger partial charge in [-0.15, -0.1) is 0 Å². The van der Waals surface area contributed by atoms with Gasteiger partial charge in [0.1, 0.15) is 6.04 Å². The molecule has 0 radical (unpaired) electrons. The van der Waals surface area contributed by atoms with Gasteiger partial charge in [0.15, 0.2) is 5.84 Å². The van der Waals surface area contributed by atoms with Crippen LogP contribution in [0.5, 0.6) is 0 Å². The lowest BCUT2D eigenvalue weighted by molar-refractivity contribution is -0.137. The molecule has 1 atom stereocenters. The molecule has 0 aromatic heterocycles. The quantitative estimate of drug-likeness (QED) is 0.265. The molecule has 1 aromatic rings. The predicted molar refractivity (Wildman–Crippen MR) is 64.3 cm³/mol. The van der Waals surface area contributed by atoms with Crippen molar-refractivity contribution >= 4 is 17.5 Å². The van der Waals surface area contributed by atoms with Crippen molar-refractivity contribution in [3.05, 3.63) is 29.8 Å². The molecule has 0 heterocycles. The van der Waals surface area contributed by atoms with Crippen molar-refractivity contribution in [2.24, 2.45) is 10.9 Å². The molecule has 0 saturated carbocycles. The van der Waals surface area contributed by atoms with E-state index in [2.05, 4.69) is 10.5 Å². The number of carboxylic acid groups (broad SMARTS) is 1. The topological polar surface area (TPSA) is 108 Å². The van der Waals surface area contributed by atoms with Gasteiger partial charge in [-0.3, -0.25) is 0 Å². The van der Waals surface area contributed by atoms with Crippen molar-refractivity contribution in [2.45, 2.75) is 19.4 Å². The van der Waals surface area contributed by atoms with Gasteiger partial charge < -0.3 is 21.4 Å². The van der Waals surface area contributed by atoms with E-state index in [-0.39, 0.29) is 5.84 Å². The van der Waals surface area contributed by atoms with Gasteiger partial charge in [0.2, 0.25) is 0 Å². The number of hydrogen-bond donors (Lipinski definition) is 4. The van der Waals surface area contributed by atoms with Crippen molar-refractivity contribution in [3.8, 4) is 0 Å². The zero-order valence-electron chi connectivity index (χ0n) is 9.42. The monoisotopic (exact) mass is 237 g/mol. The van der Waals surface area contributed by atoms with Crippen molar-refractivity contribution in [2.75, 3.05) is 5.32 Å². The van der Waals surface area contributed by atoms with E-state index in [0.717, 1.165) is 0 Å². The zero-order chi connectivity index (χ0) is 12.8. The van der Waals surface area contributed by atoms with Crippen LogP contribution in [0, 0.1) is 0 Å². The zero-order valence-corrected chi connectivity index (χ0v) is 9.42. The van der Waals surface area contributed by atoms with E-state index < -0.39 is 12.0 Å². The van der Waals surface area contributed by atoms with Crippen LogP contribution in [0.1, 0.15) is 18.9 Å². The Labute approximate surface area is 98.7 Å². The highest BCUT2D eigenvalue weighted by atomic mass is 16.4. The lowest BCUT2D eigenvalue weighted by atomic mass is 10.1. The van der Waals surface area contributed by atoms with Crippen LogP contribution >= 0.6 is 0 Å². The van der Waals surface area contributed by atoms with Crippen LogP contribution in [0.25, 0.3) is 0 Å². The standard InChI is InChI=1S/C11H15N3O3/c1-2-9(11(15)16)13-8-5-3-4-7(6-8)10(12)14-17/h3-6,9,13,17H,2H2,1H3,(H2,12,14)(H,15,16)/t9-/m1/s1. The number of carboxylic acids is 1. The molecule has 6 nitrogen and oxygen atoms in total. The van der Waals surface area contributed by atoms with Crippen molar-refractivity contribution in [3.63, 3.8) is 0 Å². The highest BCUT2D eigenvalue weighted by Crippen LogP contribution is 2.12. The van der Waals surface area contributed by atoms with Gasteiger partial charge in [-0.05, 0) is 18.6 Å². The predicted octanol–water partition coefficient (Wildman–Crippen LogP) is 1.06. The number of benzene rings is 1. The first kappa shape index (κ1) is 12.8. The van der Waals surface area contributed by atoms with E-state index >= 15 is 0 Å². The maximum Gasteiger partial charge on any atom is 0.326 e. The van der Waals surface area contributed by atoms with E-state index in [1.807, 2.05) is 0 Å². The fraction of sp³-hybridized carbons (Fsp3) is 0.273. The minimum absolute atomic E-state index is 0.0166. The van der Waals surface area contributed by atoms with Crippen LogP contribution in [0.2, 0.25) is 0 Å². The average molecular weight is 237 g/mol. The molecule has 92 valence electrons. The Morgan fingerprint density at radius 3 is 2.82 bits per heavy atom. The van der Waals surface area contributed by atoms with Crippen molar-refractivity contribution in [1.82, 2.24) is 0 Å². The molecule has 0 aliphatic rings. The summed E-state index contributed by atoms with van der Waals surface area (Å²) in [7, 11) is 0. The van der Waals surface area contributed by atoms with Gasteiger partial charge in [-0.25, -0.2) is 4.79 Å². The molecule has 0 spiro atoms. The number of carbonyl (C=O) groups is 1. The largest absolute Gasteiger partial charge is 0.480 e. The lowest BCUT2D eigenvalue weighted by Gasteiger charge is -2.14. The summed E-state index contributed by atoms with van der Waals surface area (Å²) in [4.78, 5) is 10.9. The molecule has 0 saturated heterocycles. The van der Waals surface area contributed by atoms with E-state index in [0.29, 0.717) is 17.7 Å². The second-order valence-electron chi connectivity index (χ2n) is 3.51. The summed E-state index contributed by atoms with van der Waals surface area (Å²) in [5.74, 6) is -0.932. The molecule has 0 amide bonds. The number of oxime groups is 1.